The van der Waals surface area contributed by atoms with Crippen LogP contribution >= 0.6 is 12.4 Å². The Morgan fingerprint density at radius 2 is 2.00 bits per heavy atom. The van der Waals surface area contributed by atoms with Gasteiger partial charge in [0.05, 0.1) is 6.04 Å². The largest absolute Gasteiger partial charge is 0.324 e. The number of nitrogens with one attached hydrogen (secondary N) is 1. The topological polar surface area (TPSA) is 55.1 Å². The van der Waals surface area contributed by atoms with Crippen LogP contribution in [0.3, 0.4) is 0 Å². The molecule has 1 aromatic rings. The summed E-state index contributed by atoms with van der Waals surface area (Å²) in [6, 6.07) is 5.71. The Hall–Kier alpha value is -1.06. The van der Waals surface area contributed by atoms with Gasteiger partial charge in [-0.2, -0.15) is 0 Å². The number of aryl methyl sites for hydroxylation is 2. The fourth-order valence-corrected chi connectivity index (χ4v) is 1.51. The van der Waals surface area contributed by atoms with Crippen LogP contribution in [-0.2, 0) is 17.6 Å². The summed E-state index contributed by atoms with van der Waals surface area (Å²) < 4.78 is 0. The Morgan fingerprint density at radius 3 is 2.47 bits per heavy atom. The lowest BCUT2D eigenvalue weighted by atomic mass is 10.1. The molecular weight excluding hydrogens is 236 g/mol. The van der Waals surface area contributed by atoms with Crippen molar-refractivity contribution in [2.45, 2.75) is 39.7 Å². The predicted octanol–water partition coefficient (Wildman–Crippen LogP) is 2.52. The van der Waals surface area contributed by atoms with Gasteiger partial charge in [-0.3, -0.25) is 4.79 Å². The second kappa shape index (κ2) is 7.30. The summed E-state index contributed by atoms with van der Waals surface area (Å²) in [5.41, 5.74) is 8.79. The zero-order valence-corrected chi connectivity index (χ0v) is 11.4. The third-order valence-electron chi connectivity index (χ3n) is 2.63. The Kier molecular flexibility index (Phi) is 6.85. The van der Waals surface area contributed by atoms with Crippen LogP contribution in [0.25, 0.3) is 0 Å². The van der Waals surface area contributed by atoms with E-state index in [0.717, 1.165) is 24.1 Å². The van der Waals surface area contributed by atoms with Crippen molar-refractivity contribution in [2.75, 3.05) is 5.32 Å². The molecule has 3 N–H and O–H groups in total. The summed E-state index contributed by atoms with van der Waals surface area (Å²) >= 11 is 0. The first-order valence-electron chi connectivity index (χ1n) is 5.76. The molecule has 17 heavy (non-hydrogen) atoms. The first-order chi connectivity index (χ1) is 7.58. The van der Waals surface area contributed by atoms with Gasteiger partial charge in [0, 0.05) is 5.69 Å². The predicted molar refractivity (Wildman–Crippen MR) is 74.7 cm³/mol. The van der Waals surface area contributed by atoms with Crippen molar-refractivity contribution in [1.82, 2.24) is 0 Å². The molecular formula is C13H21ClN2O. The lowest BCUT2D eigenvalue weighted by molar-refractivity contribution is -0.117. The van der Waals surface area contributed by atoms with E-state index in [9.17, 15) is 4.79 Å². The minimum absolute atomic E-state index is 0. The Morgan fingerprint density at radius 1 is 1.35 bits per heavy atom. The van der Waals surface area contributed by atoms with E-state index in [1.165, 1.54) is 5.56 Å². The highest BCUT2D eigenvalue weighted by molar-refractivity contribution is 5.95. The molecule has 1 amide bonds. The van der Waals surface area contributed by atoms with Gasteiger partial charge in [-0.1, -0.05) is 26.0 Å². The fraction of sp³-hybridized carbons (Fsp3) is 0.462. The van der Waals surface area contributed by atoms with Crippen LogP contribution in [0.4, 0.5) is 5.69 Å². The molecule has 0 aliphatic rings. The number of carbonyl (C=O) groups excluding carboxylic acids is 1. The van der Waals surface area contributed by atoms with Gasteiger partial charge in [0.1, 0.15) is 0 Å². The van der Waals surface area contributed by atoms with Crippen LogP contribution in [0.5, 0.6) is 0 Å². The van der Waals surface area contributed by atoms with Crippen LogP contribution < -0.4 is 11.1 Å². The monoisotopic (exact) mass is 256 g/mol. The van der Waals surface area contributed by atoms with Gasteiger partial charge in [0.2, 0.25) is 5.91 Å². The molecule has 0 aromatic heterocycles. The summed E-state index contributed by atoms with van der Waals surface area (Å²) in [7, 11) is 0. The van der Waals surface area contributed by atoms with Crippen molar-refractivity contribution in [3.63, 3.8) is 0 Å². The lowest BCUT2D eigenvalue weighted by Crippen LogP contribution is -2.32. The molecule has 1 aromatic carbocycles. The molecule has 1 atom stereocenters. The van der Waals surface area contributed by atoms with Crippen molar-refractivity contribution in [2.24, 2.45) is 5.73 Å². The molecule has 0 heterocycles. The summed E-state index contributed by atoms with van der Waals surface area (Å²) in [5.74, 6) is -0.136. The standard InChI is InChI=1S/C13H20N2O.ClH/c1-4-10-6-7-11(5-2)12(8-10)15-13(16)9(3)14;/h6-9H,4-5,14H2,1-3H3,(H,15,16);1H/t9-;/m1./s1. The smallest absolute Gasteiger partial charge is 0.241 e. The van der Waals surface area contributed by atoms with Crippen molar-refractivity contribution >= 4 is 24.0 Å². The maximum Gasteiger partial charge on any atom is 0.241 e. The molecule has 3 nitrogen and oxygen atoms in total. The van der Waals surface area contributed by atoms with E-state index < -0.39 is 6.04 Å². The minimum atomic E-state index is -0.477. The van der Waals surface area contributed by atoms with Gasteiger partial charge in [-0.15, -0.1) is 12.4 Å². The normalized spacial score (nSPS) is 11.5. The first-order valence-corrected chi connectivity index (χ1v) is 5.76. The first kappa shape index (κ1) is 15.9. The third kappa shape index (κ3) is 4.36. The average Bonchev–Trinajstić information content (AvgIpc) is 2.28. The van der Waals surface area contributed by atoms with E-state index in [1.807, 2.05) is 6.07 Å². The highest BCUT2D eigenvalue weighted by Gasteiger charge is 2.10. The second-order valence-corrected chi connectivity index (χ2v) is 3.98. The van der Waals surface area contributed by atoms with Crippen LogP contribution in [-0.4, -0.2) is 11.9 Å². The summed E-state index contributed by atoms with van der Waals surface area (Å²) in [4.78, 5) is 11.5. The number of nitrogens with two attached hydrogens (primary N) is 1. The number of carbonyl (C=O) groups is 1. The van der Waals surface area contributed by atoms with E-state index in [4.69, 9.17) is 5.73 Å². The zero-order chi connectivity index (χ0) is 12.1. The number of anilines is 1. The minimum Gasteiger partial charge on any atom is -0.324 e. The summed E-state index contributed by atoms with van der Waals surface area (Å²) in [6.07, 6.45) is 1.86. The van der Waals surface area contributed by atoms with Gasteiger partial charge in [0.25, 0.3) is 0 Å². The van der Waals surface area contributed by atoms with Crippen LogP contribution in [0.1, 0.15) is 31.9 Å². The maximum absolute atomic E-state index is 11.5. The molecule has 0 radical (unpaired) electrons. The molecule has 4 heteroatoms. The maximum atomic E-state index is 11.5. The van der Waals surface area contributed by atoms with Gasteiger partial charge >= 0.3 is 0 Å². The molecule has 0 unspecified atom stereocenters. The molecule has 0 spiro atoms. The number of benzene rings is 1. The number of hydrogen-bond donors (Lipinski definition) is 2. The van der Waals surface area contributed by atoms with Gasteiger partial charge < -0.3 is 11.1 Å². The highest BCUT2D eigenvalue weighted by atomic mass is 35.5. The van der Waals surface area contributed by atoms with Gasteiger partial charge in [-0.25, -0.2) is 0 Å². The van der Waals surface area contributed by atoms with E-state index in [1.54, 1.807) is 6.92 Å². The van der Waals surface area contributed by atoms with Crippen LogP contribution in [0.15, 0.2) is 18.2 Å². The van der Waals surface area contributed by atoms with E-state index in [-0.39, 0.29) is 18.3 Å². The van der Waals surface area contributed by atoms with Crippen molar-refractivity contribution in [3.05, 3.63) is 29.3 Å². The van der Waals surface area contributed by atoms with Gasteiger partial charge in [-0.05, 0) is 37.0 Å². The molecule has 0 bridgehead atoms. The molecule has 0 saturated carbocycles. The Bertz CT molecular complexity index is 378. The molecule has 0 aliphatic heterocycles. The van der Waals surface area contributed by atoms with Crippen LogP contribution in [0, 0.1) is 0 Å². The number of amides is 1. The quantitative estimate of drug-likeness (QED) is 0.870. The number of halogens is 1. The Labute approximate surface area is 109 Å². The molecule has 1 rings (SSSR count). The summed E-state index contributed by atoms with van der Waals surface area (Å²) in [6.45, 7) is 5.85. The van der Waals surface area contributed by atoms with E-state index >= 15 is 0 Å². The number of rotatable bonds is 4. The summed E-state index contributed by atoms with van der Waals surface area (Å²) in [5, 5.41) is 2.87. The second-order valence-electron chi connectivity index (χ2n) is 3.98. The fourth-order valence-electron chi connectivity index (χ4n) is 1.51. The van der Waals surface area contributed by atoms with E-state index in [2.05, 4.69) is 31.3 Å². The SMILES string of the molecule is CCc1ccc(CC)c(NC(=O)[C@@H](C)N)c1.Cl. The molecule has 96 valence electrons. The highest BCUT2D eigenvalue weighted by Crippen LogP contribution is 2.19. The van der Waals surface area contributed by atoms with Crippen molar-refractivity contribution in [3.8, 4) is 0 Å². The zero-order valence-electron chi connectivity index (χ0n) is 10.6. The van der Waals surface area contributed by atoms with Crippen molar-refractivity contribution in [1.29, 1.82) is 0 Å². The number of hydrogen-bond acceptors (Lipinski definition) is 2. The molecule has 0 aliphatic carbocycles. The van der Waals surface area contributed by atoms with Crippen molar-refractivity contribution < 1.29 is 4.79 Å². The lowest BCUT2D eigenvalue weighted by Gasteiger charge is -2.13. The van der Waals surface area contributed by atoms with E-state index in [0.29, 0.717) is 0 Å². The van der Waals surface area contributed by atoms with Crippen LogP contribution in [0.2, 0.25) is 0 Å². The molecule has 0 fully saturated rings. The molecule has 0 saturated heterocycles. The average molecular weight is 257 g/mol. The third-order valence-corrected chi connectivity index (χ3v) is 2.63. The van der Waals surface area contributed by atoms with Gasteiger partial charge in [0.15, 0.2) is 0 Å². The Balaban J connectivity index is 0.00000256.